The molecule has 23 heavy (non-hydrogen) atoms. The van der Waals surface area contributed by atoms with Crippen molar-refractivity contribution in [3.05, 3.63) is 35.9 Å². The van der Waals surface area contributed by atoms with Crippen molar-refractivity contribution in [1.82, 2.24) is 4.90 Å². The Morgan fingerprint density at radius 3 is 1.70 bits per heavy atom. The molecule has 0 saturated heterocycles. The molecule has 0 radical (unpaired) electrons. The molecule has 0 N–H and O–H groups in total. The van der Waals surface area contributed by atoms with Gasteiger partial charge in [0.05, 0.1) is 0 Å². The van der Waals surface area contributed by atoms with Gasteiger partial charge in [0.25, 0.3) is 0 Å². The van der Waals surface area contributed by atoms with Crippen molar-refractivity contribution in [3.63, 3.8) is 0 Å². The maximum absolute atomic E-state index is 2.38. The summed E-state index contributed by atoms with van der Waals surface area (Å²) >= 11 is 0. The molecule has 1 aromatic rings. The minimum Gasteiger partial charge on any atom is -0.300 e. The van der Waals surface area contributed by atoms with Crippen molar-refractivity contribution < 1.29 is 0 Å². The molecule has 0 spiro atoms. The Morgan fingerprint density at radius 1 is 0.739 bits per heavy atom. The van der Waals surface area contributed by atoms with Crippen LogP contribution >= 0.6 is 0 Å². The highest BCUT2D eigenvalue weighted by Gasteiger charge is 2.27. The average Bonchev–Trinajstić information content (AvgIpc) is 2.57. The summed E-state index contributed by atoms with van der Waals surface area (Å²) in [5.74, 6) is 0. The number of benzene rings is 1. The maximum Gasteiger partial charge on any atom is 0.0426 e. The molecule has 0 fully saturated rings. The zero-order valence-corrected chi connectivity index (χ0v) is 16.1. The molecular weight excluding hydrogens is 278 g/mol. The predicted octanol–water partition coefficient (Wildman–Crippen LogP) is 6.77. The van der Waals surface area contributed by atoms with Gasteiger partial charge in [-0.25, -0.2) is 0 Å². The minimum atomic E-state index is 0.168. The lowest BCUT2D eigenvalue weighted by molar-refractivity contribution is 0.156. The number of unbranched alkanes of at least 4 members (excludes halogenated alkanes) is 9. The van der Waals surface area contributed by atoms with Crippen LogP contribution in [0.15, 0.2) is 30.3 Å². The van der Waals surface area contributed by atoms with Gasteiger partial charge in [-0.2, -0.15) is 0 Å². The van der Waals surface area contributed by atoms with E-state index in [2.05, 4.69) is 63.2 Å². The van der Waals surface area contributed by atoms with E-state index in [0.717, 1.165) is 0 Å². The third-order valence-electron chi connectivity index (χ3n) is 5.40. The first-order valence-corrected chi connectivity index (χ1v) is 9.84. The van der Waals surface area contributed by atoms with Gasteiger partial charge in [0.15, 0.2) is 0 Å². The van der Waals surface area contributed by atoms with Gasteiger partial charge in [0, 0.05) is 5.54 Å². The van der Waals surface area contributed by atoms with Gasteiger partial charge in [-0.3, -0.25) is 4.90 Å². The molecular formula is C22H39N. The smallest absolute Gasteiger partial charge is 0.0426 e. The van der Waals surface area contributed by atoms with E-state index in [4.69, 9.17) is 0 Å². The summed E-state index contributed by atoms with van der Waals surface area (Å²) in [6.07, 6.45) is 15.3. The second-order valence-corrected chi connectivity index (χ2v) is 7.47. The van der Waals surface area contributed by atoms with E-state index in [1.807, 2.05) is 0 Å². The quantitative estimate of drug-likeness (QED) is 0.363. The topological polar surface area (TPSA) is 3.24 Å². The molecule has 0 bridgehead atoms. The molecule has 1 heteroatoms. The van der Waals surface area contributed by atoms with Crippen molar-refractivity contribution in [2.24, 2.45) is 0 Å². The Morgan fingerprint density at radius 2 is 1.22 bits per heavy atom. The van der Waals surface area contributed by atoms with Crippen LogP contribution in [0.1, 0.15) is 90.0 Å². The summed E-state index contributed by atoms with van der Waals surface area (Å²) in [5, 5.41) is 0. The van der Waals surface area contributed by atoms with E-state index in [-0.39, 0.29) is 5.54 Å². The molecule has 0 aromatic heterocycles. The van der Waals surface area contributed by atoms with Gasteiger partial charge in [-0.15, -0.1) is 0 Å². The lowest BCUT2D eigenvalue weighted by atomic mass is 9.85. The monoisotopic (exact) mass is 317 g/mol. The van der Waals surface area contributed by atoms with Crippen molar-refractivity contribution in [2.75, 3.05) is 14.1 Å². The zero-order valence-electron chi connectivity index (χ0n) is 16.1. The lowest BCUT2D eigenvalue weighted by Crippen LogP contribution is -2.38. The summed E-state index contributed by atoms with van der Waals surface area (Å²) in [4.78, 5) is 2.38. The summed E-state index contributed by atoms with van der Waals surface area (Å²) in [5.41, 5.74) is 1.61. The molecule has 0 heterocycles. The Hall–Kier alpha value is -0.820. The highest BCUT2D eigenvalue weighted by Crippen LogP contribution is 2.31. The second kappa shape index (κ2) is 11.7. The number of rotatable bonds is 13. The van der Waals surface area contributed by atoms with Crippen molar-refractivity contribution in [2.45, 2.75) is 90.0 Å². The van der Waals surface area contributed by atoms with E-state index >= 15 is 0 Å². The van der Waals surface area contributed by atoms with Crippen LogP contribution < -0.4 is 0 Å². The highest BCUT2D eigenvalue weighted by atomic mass is 15.1. The van der Waals surface area contributed by atoms with Crippen LogP contribution in [0.4, 0.5) is 0 Å². The Kier molecular flexibility index (Phi) is 10.3. The SMILES string of the molecule is CCCCCCCCCCCCC(C)(c1ccccc1)N(C)C. The zero-order chi connectivity index (χ0) is 17.0. The predicted molar refractivity (Wildman–Crippen MR) is 104 cm³/mol. The lowest BCUT2D eigenvalue weighted by Gasteiger charge is -2.37. The van der Waals surface area contributed by atoms with Crippen LogP contribution in [0.2, 0.25) is 0 Å². The molecule has 0 aliphatic heterocycles. The molecule has 0 aliphatic carbocycles. The molecule has 0 saturated carbocycles. The van der Waals surface area contributed by atoms with Gasteiger partial charge >= 0.3 is 0 Å². The highest BCUT2D eigenvalue weighted by molar-refractivity contribution is 5.23. The van der Waals surface area contributed by atoms with E-state index < -0.39 is 0 Å². The Balaban J connectivity index is 2.20. The first-order chi connectivity index (χ1) is 11.1. The average molecular weight is 318 g/mol. The third-order valence-corrected chi connectivity index (χ3v) is 5.40. The number of hydrogen-bond donors (Lipinski definition) is 0. The summed E-state index contributed by atoms with van der Waals surface area (Å²) < 4.78 is 0. The van der Waals surface area contributed by atoms with E-state index in [9.17, 15) is 0 Å². The maximum atomic E-state index is 2.38. The minimum absolute atomic E-state index is 0.168. The van der Waals surface area contributed by atoms with Crippen LogP contribution in [0.3, 0.4) is 0 Å². The molecule has 1 unspecified atom stereocenters. The largest absolute Gasteiger partial charge is 0.300 e. The molecule has 132 valence electrons. The van der Waals surface area contributed by atoms with Gasteiger partial charge in [0.2, 0.25) is 0 Å². The number of hydrogen-bond acceptors (Lipinski definition) is 1. The fourth-order valence-electron chi connectivity index (χ4n) is 3.38. The molecule has 1 aromatic carbocycles. The van der Waals surface area contributed by atoms with Gasteiger partial charge in [0.1, 0.15) is 0 Å². The second-order valence-electron chi connectivity index (χ2n) is 7.47. The molecule has 0 aliphatic rings. The van der Waals surface area contributed by atoms with Crippen LogP contribution in [0.25, 0.3) is 0 Å². The van der Waals surface area contributed by atoms with Crippen LogP contribution in [-0.4, -0.2) is 19.0 Å². The molecule has 0 amide bonds. The van der Waals surface area contributed by atoms with Crippen molar-refractivity contribution in [1.29, 1.82) is 0 Å². The van der Waals surface area contributed by atoms with Gasteiger partial charge in [-0.1, -0.05) is 101 Å². The normalized spacial score (nSPS) is 14.1. The molecule has 1 nitrogen and oxygen atoms in total. The summed E-state index contributed by atoms with van der Waals surface area (Å²) in [6, 6.07) is 11.0. The summed E-state index contributed by atoms with van der Waals surface area (Å²) in [6.45, 7) is 4.67. The first kappa shape index (κ1) is 20.2. The van der Waals surface area contributed by atoms with E-state index in [1.54, 1.807) is 0 Å². The van der Waals surface area contributed by atoms with Gasteiger partial charge < -0.3 is 0 Å². The third kappa shape index (κ3) is 7.52. The van der Waals surface area contributed by atoms with E-state index in [1.165, 1.54) is 76.2 Å². The van der Waals surface area contributed by atoms with Gasteiger partial charge in [-0.05, 0) is 33.0 Å². The van der Waals surface area contributed by atoms with Crippen LogP contribution in [-0.2, 0) is 5.54 Å². The fraction of sp³-hybridized carbons (Fsp3) is 0.727. The van der Waals surface area contributed by atoms with Crippen LogP contribution in [0, 0.1) is 0 Å². The molecule has 1 rings (SSSR count). The Labute approximate surface area is 145 Å². The first-order valence-electron chi connectivity index (χ1n) is 9.84. The van der Waals surface area contributed by atoms with Crippen LogP contribution in [0.5, 0.6) is 0 Å². The molecule has 1 atom stereocenters. The van der Waals surface area contributed by atoms with Crippen molar-refractivity contribution >= 4 is 0 Å². The fourth-order valence-corrected chi connectivity index (χ4v) is 3.38. The standard InChI is InChI=1S/C22H39N/c1-5-6-7-8-9-10-11-12-13-17-20-22(2,23(3)4)21-18-15-14-16-19-21/h14-16,18-19H,5-13,17,20H2,1-4H3. The Bertz CT molecular complexity index is 384. The van der Waals surface area contributed by atoms with Crippen molar-refractivity contribution in [3.8, 4) is 0 Å². The summed E-state index contributed by atoms with van der Waals surface area (Å²) in [7, 11) is 4.42. The van der Waals surface area contributed by atoms with E-state index in [0.29, 0.717) is 0 Å². The number of nitrogens with zero attached hydrogens (tertiary/aromatic N) is 1.